The Morgan fingerprint density at radius 3 is 2.60 bits per heavy atom. The monoisotopic (exact) mass is 213 g/mol. The van der Waals surface area contributed by atoms with Gasteiger partial charge >= 0.3 is 5.97 Å². The maximum atomic E-state index is 11.2. The van der Waals surface area contributed by atoms with E-state index in [0.717, 1.165) is 44.6 Å². The fourth-order valence-electron chi connectivity index (χ4n) is 1.59. The SMILES string of the molecule is NCCCCCCC(=O)OCCC1CC1. The van der Waals surface area contributed by atoms with E-state index in [1.807, 2.05) is 0 Å². The Morgan fingerprint density at radius 1 is 1.20 bits per heavy atom. The fourth-order valence-corrected chi connectivity index (χ4v) is 1.59. The fraction of sp³-hybridized carbons (Fsp3) is 0.917. The molecule has 0 unspecified atom stereocenters. The Hall–Kier alpha value is -0.570. The third kappa shape index (κ3) is 7.37. The lowest BCUT2D eigenvalue weighted by Gasteiger charge is -2.03. The molecule has 0 radical (unpaired) electrons. The zero-order valence-corrected chi connectivity index (χ0v) is 9.54. The summed E-state index contributed by atoms with van der Waals surface area (Å²) in [6.45, 7) is 1.39. The second-order valence-corrected chi connectivity index (χ2v) is 4.41. The average molecular weight is 213 g/mol. The van der Waals surface area contributed by atoms with Gasteiger partial charge in [0.15, 0.2) is 0 Å². The molecule has 1 rings (SSSR count). The van der Waals surface area contributed by atoms with E-state index in [0.29, 0.717) is 13.0 Å². The number of unbranched alkanes of at least 4 members (excludes halogenated alkanes) is 3. The van der Waals surface area contributed by atoms with Gasteiger partial charge in [-0.25, -0.2) is 0 Å². The largest absolute Gasteiger partial charge is 0.466 e. The van der Waals surface area contributed by atoms with Crippen molar-refractivity contribution in [1.82, 2.24) is 0 Å². The zero-order chi connectivity index (χ0) is 10.9. The highest BCUT2D eigenvalue weighted by Gasteiger charge is 2.20. The summed E-state index contributed by atoms with van der Waals surface area (Å²) in [6, 6.07) is 0. The first-order valence-electron chi connectivity index (χ1n) is 6.18. The van der Waals surface area contributed by atoms with Gasteiger partial charge in [-0.2, -0.15) is 0 Å². The number of rotatable bonds is 9. The number of carbonyl (C=O) groups is 1. The summed E-state index contributed by atoms with van der Waals surface area (Å²) in [7, 11) is 0. The highest BCUT2D eigenvalue weighted by Crippen LogP contribution is 2.32. The van der Waals surface area contributed by atoms with Gasteiger partial charge < -0.3 is 10.5 Å². The molecule has 3 nitrogen and oxygen atoms in total. The maximum absolute atomic E-state index is 11.2. The lowest BCUT2D eigenvalue weighted by atomic mass is 10.1. The summed E-state index contributed by atoms with van der Waals surface area (Å²) in [4.78, 5) is 11.2. The molecular formula is C12H23NO2. The zero-order valence-electron chi connectivity index (χ0n) is 9.54. The molecule has 1 aliphatic carbocycles. The molecule has 0 heterocycles. The lowest BCUT2D eigenvalue weighted by Crippen LogP contribution is -2.06. The second-order valence-electron chi connectivity index (χ2n) is 4.41. The summed E-state index contributed by atoms with van der Waals surface area (Å²) in [5.41, 5.74) is 5.38. The third-order valence-corrected chi connectivity index (χ3v) is 2.82. The number of esters is 1. The maximum Gasteiger partial charge on any atom is 0.305 e. The summed E-state index contributed by atoms with van der Waals surface area (Å²) in [5, 5.41) is 0. The second kappa shape index (κ2) is 7.69. The van der Waals surface area contributed by atoms with E-state index in [1.54, 1.807) is 0 Å². The van der Waals surface area contributed by atoms with Gasteiger partial charge in [-0.15, -0.1) is 0 Å². The van der Waals surface area contributed by atoms with E-state index >= 15 is 0 Å². The van der Waals surface area contributed by atoms with Crippen molar-refractivity contribution in [3.8, 4) is 0 Å². The summed E-state index contributed by atoms with van der Waals surface area (Å²) in [5.74, 6) is 0.825. The summed E-state index contributed by atoms with van der Waals surface area (Å²) >= 11 is 0. The van der Waals surface area contributed by atoms with Gasteiger partial charge in [0.1, 0.15) is 0 Å². The Bertz CT molecular complexity index is 178. The first kappa shape index (κ1) is 12.5. The molecule has 0 aliphatic heterocycles. The molecule has 0 spiro atoms. The minimum Gasteiger partial charge on any atom is -0.466 e. The van der Waals surface area contributed by atoms with E-state index in [2.05, 4.69) is 0 Å². The van der Waals surface area contributed by atoms with E-state index in [4.69, 9.17) is 10.5 Å². The van der Waals surface area contributed by atoms with Crippen LogP contribution in [0.3, 0.4) is 0 Å². The van der Waals surface area contributed by atoms with Crippen molar-refractivity contribution >= 4 is 5.97 Å². The van der Waals surface area contributed by atoms with Crippen LogP contribution in [0.1, 0.15) is 51.4 Å². The minimum atomic E-state index is -0.0246. The molecule has 0 amide bonds. The van der Waals surface area contributed by atoms with Gasteiger partial charge in [0.25, 0.3) is 0 Å². The molecule has 0 aromatic rings. The van der Waals surface area contributed by atoms with Crippen molar-refractivity contribution in [3.05, 3.63) is 0 Å². The topological polar surface area (TPSA) is 52.3 Å². The Balaban J connectivity index is 1.80. The molecule has 15 heavy (non-hydrogen) atoms. The molecule has 1 aliphatic rings. The Morgan fingerprint density at radius 2 is 1.93 bits per heavy atom. The smallest absolute Gasteiger partial charge is 0.305 e. The molecule has 88 valence electrons. The molecule has 0 atom stereocenters. The first-order chi connectivity index (χ1) is 7.33. The Labute approximate surface area is 92.4 Å². The van der Waals surface area contributed by atoms with Crippen molar-refractivity contribution < 1.29 is 9.53 Å². The molecule has 3 heteroatoms. The van der Waals surface area contributed by atoms with Gasteiger partial charge in [-0.3, -0.25) is 4.79 Å². The number of hydrogen-bond donors (Lipinski definition) is 1. The number of nitrogens with two attached hydrogens (primary N) is 1. The molecule has 0 aromatic carbocycles. The van der Waals surface area contributed by atoms with Crippen molar-refractivity contribution in [3.63, 3.8) is 0 Å². The van der Waals surface area contributed by atoms with Gasteiger partial charge in [-0.1, -0.05) is 25.7 Å². The van der Waals surface area contributed by atoms with Crippen LogP contribution in [0.15, 0.2) is 0 Å². The van der Waals surface area contributed by atoms with Crippen molar-refractivity contribution in [2.24, 2.45) is 11.7 Å². The third-order valence-electron chi connectivity index (χ3n) is 2.82. The van der Waals surface area contributed by atoms with Crippen molar-refractivity contribution in [2.75, 3.05) is 13.2 Å². The van der Waals surface area contributed by atoms with Crippen LogP contribution in [0.2, 0.25) is 0 Å². The van der Waals surface area contributed by atoms with Gasteiger partial charge in [0.2, 0.25) is 0 Å². The van der Waals surface area contributed by atoms with Crippen LogP contribution in [0.25, 0.3) is 0 Å². The lowest BCUT2D eigenvalue weighted by molar-refractivity contribution is -0.143. The number of hydrogen-bond acceptors (Lipinski definition) is 3. The predicted octanol–water partition coefficient (Wildman–Crippen LogP) is 2.24. The summed E-state index contributed by atoms with van der Waals surface area (Å²) < 4.78 is 5.14. The molecule has 0 aromatic heterocycles. The molecule has 2 N–H and O–H groups in total. The molecule has 1 saturated carbocycles. The van der Waals surface area contributed by atoms with E-state index < -0.39 is 0 Å². The Kier molecular flexibility index (Phi) is 6.41. The van der Waals surface area contributed by atoms with Crippen molar-refractivity contribution in [2.45, 2.75) is 51.4 Å². The number of ether oxygens (including phenoxy) is 1. The van der Waals surface area contributed by atoms with Crippen molar-refractivity contribution in [1.29, 1.82) is 0 Å². The van der Waals surface area contributed by atoms with E-state index in [-0.39, 0.29) is 5.97 Å². The minimum absolute atomic E-state index is 0.0246. The molecule has 0 bridgehead atoms. The van der Waals surface area contributed by atoms with Crippen LogP contribution < -0.4 is 5.73 Å². The van der Waals surface area contributed by atoms with Crippen LogP contribution in [-0.4, -0.2) is 19.1 Å². The summed E-state index contributed by atoms with van der Waals surface area (Å²) in [6.07, 6.45) is 8.54. The van der Waals surface area contributed by atoms with Crippen LogP contribution in [0, 0.1) is 5.92 Å². The van der Waals surface area contributed by atoms with E-state index in [9.17, 15) is 4.79 Å². The number of carbonyl (C=O) groups excluding carboxylic acids is 1. The van der Waals surface area contributed by atoms with Crippen LogP contribution >= 0.6 is 0 Å². The van der Waals surface area contributed by atoms with Gasteiger partial charge in [0.05, 0.1) is 6.61 Å². The highest BCUT2D eigenvalue weighted by molar-refractivity contribution is 5.69. The molecule has 0 saturated heterocycles. The van der Waals surface area contributed by atoms with Gasteiger partial charge in [0, 0.05) is 6.42 Å². The molecule has 1 fully saturated rings. The van der Waals surface area contributed by atoms with Crippen LogP contribution in [0.4, 0.5) is 0 Å². The molecular weight excluding hydrogens is 190 g/mol. The first-order valence-corrected chi connectivity index (χ1v) is 6.18. The quantitative estimate of drug-likeness (QED) is 0.472. The standard InChI is InChI=1S/C12H23NO2/c13-9-4-2-1-3-5-12(14)15-10-8-11-6-7-11/h11H,1-10,13H2. The van der Waals surface area contributed by atoms with E-state index in [1.165, 1.54) is 12.8 Å². The van der Waals surface area contributed by atoms with Crippen LogP contribution in [0.5, 0.6) is 0 Å². The normalized spacial score (nSPS) is 15.3. The highest BCUT2D eigenvalue weighted by atomic mass is 16.5. The average Bonchev–Trinajstić information content (AvgIpc) is 3.01. The van der Waals surface area contributed by atoms with Gasteiger partial charge in [-0.05, 0) is 31.7 Å². The predicted molar refractivity (Wildman–Crippen MR) is 60.4 cm³/mol. The van der Waals surface area contributed by atoms with Crippen LogP contribution in [-0.2, 0) is 9.53 Å².